The first kappa shape index (κ1) is 43.4. The molecule has 3 aromatic carbocycles. The number of halogens is 3. The third-order valence-electron chi connectivity index (χ3n) is 10.9. The van der Waals surface area contributed by atoms with Gasteiger partial charge < -0.3 is 30.7 Å². The van der Waals surface area contributed by atoms with E-state index in [9.17, 15) is 42.3 Å². The van der Waals surface area contributed by atoms with Gasteiger partial charge in [0.2, 0.25) is 0 Å². The van der Waals surface area contributed by atoms with Crippen molar-refractivity contribution < 1.29 is 47.0 Å². The van der Waals surface area contributed by atoms with Gasteiger partial charge in [-0.05, 0) is 107 Å². The van der Waals surface area contributed by atoms with Crippen LogP contribution in [0.4, 0.5) is 23.7 Å². The van der Waals surface area contributed by atoms with Gasteiger partial charge >= 0.3 is 12.2 Å². The van der Waals surface area contributed by atoms with Crippen molar-refractivity contribution in [3.8, 4) is 11.5 Å². The molecule has 0 radical (unpaired) electrons. The maximum Gasteiger partial charge on any atom is 0.433 e. The Morgan fingerprint density at radius 3 is 2.44 bits per heavy atom. The zero-order valence-corrected chi connectivity index (χ0v) is 34.1. The predicted molar refractivity (Wildman–Crippen MR) is 221 cm³/mol. The summed E-state index contributed by atoms with van der Waals surface area (Å²) in [6, 6.07) is 17.6. The highest BCUT2D eigenvalue weighted by atomic mass is 19.4. The van der Waals surface area contributed by atoms with Crippen LogP contribution in [0.3, 0.4) is 0 Å². The number of anilines is 1. The lowest BCUT2D eigenvalue weighted by Crippen LogP contribution is -2.42. The zero-order valence-electron chi connectivity index (χ0n) is 34.1. The number of hydrogen-bond acceptors (Lipinski definition) is 10. The van der Waals surface area contributed by atoms with E-state index in [2.05, 4.69) is 25.8 Å². The number of fused-ring (bicyclic) bond motifs is 2. The number of nitrogens with one attached hydrogen (secondary N) is 4. The van der Waals surface area contributed by atoms with Gasteiger partial charge in [0.05, 0.1) is 22.7 Å². The van der Waals surface area contributed by atoms with Gasteiger partial charge in [-0.3, -0.25) is 29.2 Å². The van der Waals surface area contributed by atoms with Gasteiger partial charge in [-0.25, -0.2) is 9.78 Å². The van der Waals surface area contributed by atoms with E-state index >= 15 is 0 Å². The molecule has 0 unspecified atom stereocenters. The first-order valence-electron chi connectivity index (χ1n) is 20.0. The number of benzene rings is 3. The Hall–Kier alpha value is -6.66. The summed E-state index contributed by atoms with van der Waals surface area (Å²) in [6.45, 7) is 5.21. The van der Waals surface area contributed by atoms with Crippen LogP contribution in [-0.4, -0.2) is 81.0 Å². The van der Waals surface area contributed by atoms with Crippen LogP contribution in [0.2, 0.25) is 0 Å². The summed E-state index contributed by atoms with van der Waals surface area (Å²) in [5.74, 6) is -2.43. The second kappa shape index (κ2) is 17.7. The van der Waals surface area contributed by atoms with Crippen LogP contribution in [0.5, 0.6) is 11.5 Å². The molecule has 5 amide bonds. The van der Waals surface area contributed by atoms with Crippen LogP contribution in [0.15, 0.2) is 79.0 Å². The smallest absolute Gasteiger partial charge is 0.433 e. The van der Waals surface area contributed by atoms with E-state index in [4.69, 9.17) is 9.84 Å². The number of aromatic nitrogens is 3. The van der Waals surface area contributed by atoms with Crippen molar-refractivity contribution in [1.29, 1.82) is 0 Å². The van der Waals surface area contributed by atoms with Crippen molar-refractivity contribution in [2.24, 2.45) is 5.92 Å². The lowest BCUT2D eigenvalue weighted by Gasteiger charge is -2.31. The minimum Gasteiger partial charge on any atom is -0.456 e. The molecular formula is C44H45F3N8O7. The molecule has 324 valence electrons. The summed E-state index contributed by atoms with van der Waals surface area (Å²) in [5, 5.41) is 26.8. The maximum atomic E-state index is 13.2. The Bertz CT molecular complexity index is 2540. The third kappa shape index (κ3) is 10.1. The number of pyridine rings is 1. The van der Waals surface area contributed by atoms with Crippen molar-refractivity contribution >= 4 is 46.1 Å². The molecule has 1 fully saturated rings. The monoisotopic (exact) mass is 854 g/mol. The molecule has 0 spiro atoms. The molecule has 1 aliphatic carbocycles. The molecule has 15 nitrogen and oxygen atoms in total. The number of ketones is 1. The Labute approximate surface area is 354 Å². The number of Topliss-reactive ketones (excluding diaryl/α,β-unsaturated/α-hetero) is 1. The molecule has 5 N–H and O–H groups in total. The standard InChI is InChI=1S/C44H45F3N8O7/c1-43(2,61)31-21-33-27(20-34(31)51-39(57)32-10-6-12-36(50-32)44(45,46)47)24-55(53-33)28-15-13-25(14-16-28)23-54(3)18-17-48-42(60)49-22-26-7-4-8-29(19-26)62-35-11-5-9-30-37(35)40(58)52-41(59)38(30)56/h4-12,19-21,24-25,28,61H,13-18,22-23H2,1-3H3,(H,51,57)(H2,48,49,60)(H,52,58,59)/t25-,28-. The molecule has 1 saturated carbocycles. The molecular weight excluding hydrogens is 810 g/mol. The number of amides is 5. The van der Waals surface area contributed by atoms with Crippen LogP contribution in [0.1, 0.15) is 93.6 Å². The molecule has 1 aliphatic heterocycles. The van der Waals surface area contributed by atoms with Gasteiger partial charge in [0.15, 0.2) is 0 Å². The highest BCUT2D eigenvalue weighted by Gasteiger charge is 2.34. The van der Waals surface area contributed by atoms with Gasteiger partial charge in [0, 0.05) is 54.6 Å². The molecule has 62 heavy (non-hydrogen) atoms. The van der Waals surface area contributed by atoms with Gasteiger partial charge in [0.25, 0.3) is 23.5 Å². The number of carbonyl (C=O) groups is 5. The maximum absolute atomic E-state index is 13.2. The Morgan fingerprint density at radius 2 is 1.69 bits per heavy atom. The van der Waals surface area contributed by atoms with Gasteiger partial charge in [0.1, 0.15) is 22.9 Å². The number of ether oxygens (including phenoxy) is 1. The number of hydrogen-bond donors (Lipinski definition) is 5. The van der Waals surface area contributed by atoms with Gasteiger partial charge in [-0.1, -0.05) is 24.3 Å². The van der Waals surface area contributed by atoms with Crippen molar-refractivity contribution in [1.82, 2.24) is 35.6 Å². The van der Waals surface area contributed by atoms with Crippen LogP contribution >= 0.6 is 0 Å². The summed E-state index contributed by atoms with van der Waals surface area (Å²) < 4.78 is 47.5. The summed E-state index contributed by atoms with van der Waals surface area (Å²) in [5.41, 5.74) is -1.11. The second-order valence-electron chi connectivity index (χ2n) is 16.1. The number of aliphatic hydroxyl groups is 1. The van der Waals surface area contributed by atoms with Gasteiger partial charge in [-0.2, -0.15) is 18.3 Å². The SMILES string of the molecule is CN(CCNC(=O)NCc1cccc(Oc2cccc3c2C(=O)NC(=O)C3=O)c1)C[C@H]1CC[C@H](n2cc3cc(NC(=O)c4cccc(C(F)(F)F)n4)c(C(C)(C)O)cc3n2)CC1. The number of alkyl halides is 3. The molecule has 18 heteroatoms. The van der Waals surface area contributed by atoms with Gasteiger partial charge in [-0.15, -0.1) is 0 Å². The highest BCUT2D eigenvalue weighted by Crippen LogP contribution is 2.37. The summed E-state index contributed by atoms with van der Waals surface area (Å²) in [7, 11) is 2.01. The molecule has 7 rings (SSSR count). The highest BCUT2D eigenvalue weighted by molar-refractivity contribution is 6.49. The zero-order chi connectivity index (χ0) is 44.3. The number of nitrogens with zero attached hydrogens (tertiary/aromatic N) is 4. The lowest BCUT2D eigenvalue weighted by molar-refractivity contribution is -0.141. The topological polar surface area (TPSA) is 197 Å². The molecule has 2 aromatic heterocycles. The van der Waals surface area contributed by atoms with E-state index in [0.29, 0.717) is 41.2 Å². The van der Waals surface area contributed by atoms with Crippen molar-refractivity contribution in [2.45, 2.75) is 63.9 Å². The Morgan fingerprint density at radius 1 is 0.952 bits per heavy atom. The van der Waals surface area contributed by atoms with Crippen LogP contribution in [-0.2, 0) is 23.1 Å². The van der Waals surface area contributed by atoms with E-state index < -0.39 is 46.7 Å². The number of likely N-dealkylation sites (N-methyl/N-ethyl adjacent to an activating group) is 1. The summed E-state index contributed by atoms with van der Waals surface area (Å²) in [6.07, 6.45) is 0.850. The minimum atomic E-state index is -4.71. The number of rotatable bonds is 13. The predicted octanol–water partition coefficient (Wildman–Crippen LogP) is 6.34. The molecule has 0 saturated heterocycles. The molecule has 0 atom stereocenters. The third-order valence-corrected chi connectivity index (χ3v) is 10.9. The first-order valence-corrected chi connectivity index (χ1v) is 20.0. The molecule has 2 aliphatic rings. The van der Waals surface area contributed by atoms with Crippen molar-refractivity contribution in [2.75, 3.05) is 32.0 Å². The number of carbonyl (C=O) groups excluding carboxylic acids is 5. The quantitative estimate of drug-likeness (QED) is 0.0659. The van der Waals surface area contributed by atoms with E-state index in [1.165, 1.54) is 24.3 Å². The number of urea groups is 1. The molecule has 0 bridgehead atoms. The van der Waals surface area contributed by atoms with E-state index in [1.807, 2.05) is 23.2 Å². The van der Waals surface area contributed by atoms with Crippen LogP contribution in [0, 0.1) is 5.92 Å². The van der Waals surface area contributed by atoms with Crippen LogP contribution in [0.25, 0.3) is 10.9 Å². The average molecular weight is 855 g/mol. The fraction of sp³-hybridized carbons (Fsp3) is 0.341. The second-order valence-corrected chi connectivity index (χ2v) is 16.1. The Kier molecular flexibility index (Phi) is 12.4. The lowest BCUT2D eigenvalue weighted by atomic mass is 9.86. The normalized spacial score (nSPS) is 16.8. The minimum absolute atomic E-state index is 0.0199. The fourth-order valence-corrected chi connectivity index (χ4v) is 7.75. The fourth-order valence-electron chi connectivity index (χ4n) is 7.75. The molecule has 3 heterocycles. The Balaban J connectivity index is 0.864. The van der Waals surface area contributed by atoms with E-state index in [0.717, 1.165) is 49.9 Å². The van der Waals surface area contributed by atoms with Crippen molar-refractivity contribution in [3.63, 3.8) is 0 Å². The van der Waals surface area contributed by atoms with Crippen molar-refractivity contribution in [3.05, 3.63) is 113 Å². The number of imide groups is 1. The largest absolute Gasteiger partial charge is 0.456 e. The summed E-state index contributed by atoms with van der Waals surface area (Å²) >= 11 is 0. The average Bonchev–Trinajstić information content (AvgIpc) is 3.65. The van der Waals surface area contributed by atoms with E-state index in [1.54, 1.807) is 50.2 Å². The first-order chi connectivity index (χ1) is 29.4. The van der Waals surface area contributed by atoms with E-state index in [-0.39, 0.29) is 41.2 Å². The summed E-state index contributed by atoms with van der Waals surface area (Å²) in [4.78, 5) is 67.8. The van der Waals surface area contributed by atoms with Crippen LogP contribution < -0.4 is 26.0 Å². The molecule has 5 aromatic rings.